The summed E-state index contributed by atoms with van der Waals surface area (Å²) < 4.78 is 25.8. The van der Waals surface area contributed by atoms with Crippen LogP contribution in [0.15, 0.2) is 71.0 Å². The van der Waals surface area contributed by atoms with Crippen LogP contribution in [0.5, 0.6) is 5.75 Å². The van der Waals surface area contributed by atoms with Gasteiger partial charge >= 0.3 is 6.09 Å². The van der Waals surface area contributed by atoms with Gasteiger partial charge in [-0.3, -0.25) is 28.8 Å². The molecule has 0 spiro atoms. The Labute approximate surface area is 475 Å². The number of carbonyl (C=O) groups is 4. The van der Waals surface area contributed by atoms with Gasteiger partial charge in [-0.05, 0) is 115 Å². The lowest BCUT2D eigenvalue weighted by Crippen LogP contribution is -2.56. The first-order valence-electron chi connectivity index (χ1n) is 27.4. The first kappa shape index (κ1) is 57.4. The summed E-state index contributed by atoms with van der Waals surface area (Å²) in [6.45, 7) is 15.6. The van der Waals surface area contributed by atoms with Crippen LogP contribution in [-0.2, 0) is 28.6 Å². The number of rotatable bonds is 20. The molecule has 20 heteroatoms. The Bertz CT molecular complexity index is 3180. The van der Waals surface area contributed by atoms with Crippen molar-refractivity contribution in [2.24, 2.45) is 10.9 Å². The summed E-state index contributed by atoms with van der Waals surface area (Å²) in [4.78, 5) is 69.8. The third kappa shape index (κ3) is 13.3. The molecule has 2 N–H and O–H groups in total. The van der Waals surface area contributed by atoms with Gasteiger partial charge in [-0.25, -0.2) is 9.78 Å². The molecule has 3 aliphatic rings. The third-order valence-electron chi connectivity index (χ3n) is 15.0. The third-order valence-corrected chi connectivity index (χ3v) is 17.4. The SMILES string of the molecule is Cc1sc2c(c1C)C(c1ccc(Cl)cc1)=N[C@@H](CC(=O)NCCOCCOCCOc1ccc3ccccc3c1-c1csc(C3CCCN3C(=O)[C@@H](NC(=O)[C@H](C)N(C)C(=O)OC(C)(C)C)C3CCCCC3)n1)c1nnc(C)n1-2. The van der Waals surface area contributed by atoms with Crippen molar-refractivity contribution >= 4 is 74.6 Å². The van der Waals surface area contributed by atoms with Crippen molar-refractivity contribution in [1.29, 1.82) is 0 Å². The molecule has 4 amide bonds. The monoisotopic (exact) mass is 1130 g/mol. The number of likely N-dealkylation sites (N-methyl/N-ethyl adjacent to an activating group) is 1. The van der Waals surface area contributed by atoms with Crippen LogP contribution in [0.25, 0.3) is 27.0 Å². The van der Waals surface area contributed by atoms with Crippen LogP contribution in [-0.4, -0.2) is 130 Å². The number of amides is 4. The first-order valence-corrected chi connectivity index (χ1v) is 29.5. The second-order valence-electron chi connectivity index (χ2n) is 21.6. The van der Waals surface area contributed by atoms with Crippen molar-refractivity contribution in [3.05, 3.63) is 109 Å². The second-order valence-corrected chi connectivity index (χ2v) is 24.1. The number of hydrogen-bond donors (Lipinski definition) is 2. The van der Waals surface area contributed by atoms with E-state index in [9.17, 15) is 19.2 Å². The highest BCUT2D eigenvalue weighted by Gasteiger charge is 2.41. The van der Waals surface area contributed by atoms with Gasteiger partial charge in [0.15, 0.2) is 5.82 Å². The minimum absolute atomic E-state index is 0.0137. The zero-order valence-electron chi connectivity index (χ0n) is 46.4. The van der Waals surface area contributed by atoms with E-state index in [1.54, 1.807) is 46.1 Å². The molecule has 3 aromatic heterocycles. The fourth-order valence-corrected chi connectivity index (χ4v) is 12.9. The Morgan fingerprint density at radius 3 is 2.37 bits per heavy atom. The van der Waals surface area contributed by atoms with E-state index in [1.165, 1.54) is 21.1 Å². The number of thiophene rings is 1. The molecular weight excluding hydrogens is 1060 g/mol. The Kier molecular flexibility index (Phi) is 18.5. The van der Waals surface area contributed by atoms with Crippen LogP contribution in [0.4, 0.5) is 4.79 Å². The van der Waals surface area contributed by atoms with Gasteiger partial charge in [0.25, 0.3) is 0 Å². The van der Waals surface area contributed by atoms with Gasteiger partial charge in [-0.15, -0.1) is 32.9 Å². The quantitative estimate of drug-likeness (QED) is 0.0692. The number of benzene rings is 3. The van der Waals surface area contributed by atoms with Gasteiger partial charge in [-0.2, -0.15) is 0 Å². The fraction of sp³-hybridized carbons (Fsp3) is 0.492. The maximum atomic E-state index is 14.8. The summed E-state index contributed by atoms with van der Waals surface area (Å²) in [5.74, 6) is 1.33. The average Bonchev–Trinajstić information content (AvgIpc) is 4.46. The fourth-order valence-electron chi connectivity index (χ4n) is 10.6. The minimum Gasteiger partial charge on any atom is -0.490 e. The van der Waals surface area contributed by atoms with E-state index in [0.29, 0.717) is 56.1 Å². The number of aliphatic imine (C=N–C) groups is 1. The molecule has 6 aromatic rings. The molecule has 1 aliphatic carbocycles. The Morgan fingerprint density at radius 2 is 1.61 bits per heavy atom. The molecule has 5 heterocycles. The lowest BCUT2D eigenvalue weighted by Gasteiger charge is -2.36. The highest BCUT2D eigenvalue weighted by molar-refractivity contribution is 7.15. The summed E-state index contributed by atoms with van der Waals surface area (Å²) >= 11 is 9.47. The maximum Gasteiger partial charge on any atom is 0.410 e. The molecule has 9 rings (SSSR count). The summed E-state index contributed by atoms with van der Waals surface area (Å²) in [5.41, 5.74) is 4.74. The Balaban J connectivity index is 0.775. The number of fused-ring (bicyclic) bond motifs is 4. The second kappa shape index (κ2) is 25.5. The molecule has 2 fully saturated rings. The van der Waals surface area contributed by atoms with Gasteiger partial charge in [0.2, 0.25) is 17.7 Å². The molecule has 1 unspecified atom stereocenters. The van der Waals surface area contributed by atoms with Crippen molar-refractivity contribution in [3.8, 4) is 22.0 Å². The summed E-state index contributed by atoms with van der Waals surface area (Å²) in [5, 5.41) is 21.5. The topological polar surface area (TPSA) is 192 Å². The molecule has 17 nitrogen and oxygen atoms in total. The number of aryl methyl sites for hydroxylation is 2. The minimum atomic E-state index is -0.849. The van der Waals surface area contributed by atoms with Crippen molar-refractivity contribution < 1.29 is 38.1 Å². The van der Waals surface area contributed by atoms with Gasteiger partial charge in [0.1, 0.15) is 51.9 Å². The molecule has 2 aliphatic heterocycles. The van der Waals surface area contributed by atoms with E-state index in [-0.39, 0.29) is 42.7 Å². The number of ether oxygens (including phenoxy) is 4. The number of nitrogens with one attached hydrogen (secondary N) is 2. The number of nitrogens with zero attached hydrogens (tertiary/aromatic N) is 7. The summed E-state index contributed by atoms with van der Waals surface area (Å²) in [7, 11) is 1.55. The van der Waals surface area contributed by atoms with Gasteiger partial charge in [-0.1, -0.05) is 73.3 Å². The molecule has 79 heavy (non-hydrogen) atoms. The largest absolute Gasteiger partial charge is 0.490 e. The molecular formula is C59H72ClN9O8S2. The van der Waals surface area contributed by atoms with Crippen molar-refractivity contribution in [3.63, 3.8) is 0 Å². The smallest absolute Gasteiger partial charge is 0.410 e. The lowest BCUT2D eigenvalue weighted by atomic mass is 9.83. The standard InChI is InChI=1S/C59H72ClN9O8S2/c1-35-37(3)79-57-49(35)51(41-20-23-42(60)24-21-41)62-44(53-66-65-38(4)69(53)57)33-48(70)61-26-28-74-29-30-75-31-32-76-47-25-22-39-15-12-13-18-43(39)50(47)45-34-78-55(63-45)46-19-14-27-68(46)56(72)52(40-16-10-9-11-17-40)64-54(71)36(2)67(8)58(73)77-59(5,6)7/h12-13,15,18,20-25,34,36,40,44,46,52H,9-11,14,16-17,19,26-33H2,1-8H3,(H,61,70)(H,64,71)/t36-,44-,46?,52-/m0/s1. The molecule has 4 atom stereocenters. The van der Waals surface area contributed by atoms with Gasteiger partial charge in [0, 0.05) is 46.5 Å². The van der Waals surface area contributed by atoms with Crippen LogP contribution in [0.2, 0.25) is 5.02 Å². The zero-order chi connectivity index (χ0) is 56.0. The van der Waals surface area contributed by atoms with Crippen LogP contribution in [0, 0.1) is 26.7 Å². The zero-order valence-corrected chi connectivity index (χ0v) is 48.8. The highest BCUT2D eigenvalue weighted by Crippen LogP contribution is 2.43. The van der Waals surface area contributed by atoms with E-state index in [0.717, 1.165) is 105 Å². The number of thiazole rings is 1. The number of hydrogen-bond acceptors (Lipinski definition) is 14. The van der Waals surface area contributed by atoms with E-state index in [4.69, 9.17) is 40.5 Å². The molecule has 1 saturated carbocycles. The molecule has 0 bridgehead atoms. The number of carbonyl (C=O) groups excluding carboxylic acids is 4. The Morgan fingerprint density at radius 1 is 0.873 bits per heavy atom. The normalized spacial score (nSPS) is 17.3. The average molecular weight is 1130 g/mol. The van der Waals surface area contributed by atoms with Crippen molar-refractivity contribution in [2.45, 2.75) is 130 Å². The van der Waals surface area contributed by atoms with Gasteiger partial charge in [0.05, 0.1) is 55.9 Å². The maximum absolute atomic E-state index is 14.8. The van der Waals surface area contributed by atoms with Crippen LogP contribution >= 0.6 is 34.3 Å². The van der Waals surface area contributed by atoms with E-state index in [2.05, 4.69) is 46.8 Å². The number of aromatic nitrogens is 4. The van der Waals surface area contributed by atoms with E-state index in [1.807, 2.05) is 70.3 Å². The number of halogens is 1. The van der Waals surface area contributed by atoms with Gasteiger partial charge < -0.3 is 34.5 Å². The molecule has 1 saturated heterocycles. The highest BCUT2D eigenvalue weighted by atomic mass is 35.5. The van der Waals surface area contributed by atoms with Crippen LogP contribution in [0.1, 0.15) is 129 Å². The van der Waals surface area contributed by atoms with E-state index >= 15 is 0 Å². The first-order chi connectivity index (χ1) is 38.0. The predicted octanol–water partition coefficient (Wildman–Crippen LogP) is 10.7. The molecule has 420 valence electrons. The Hall–Kier alpha value is -6.25. The molecule has 0 radical (unpaired) electrons. The van der Waals surface area contributed by atoms with Crippen LogP contribution in [0.3, 0.4) is 0 Å². The van der Waals surface area contributed by atoms with Crippen LogP contribution < -0.4 is 15.4 Å². The van der Waals surface area contributed by atoms with Crippen molar-refractivity contribution in [1.82, 2.24) is 40.2 Å². The lowest BCUT2D eigenvalue weighted by molar-refractivity contribution is -0.140. The van der Waals surface area contributed by atoms with Crippen molar-refractivity contribution in [2.75, 3.05) is 53.2 Å². The predicted molar refractivity (Wildman–Crippen MR) is 309 cm³/mol. The molecule has 3 aromatic carbocycles. The van der Waals surface area contributed by atoms with E-state index < -0.39 is 29.8 Å². The summed E-state index contributed by atoms with van der Waals surface area (Å²) in [6.07, 6.45) is 5.81. The summed E-state index contributed by atoms with van der Waals surface area (Å²) in [6, 6.07) is 17.3. The number of likely N-dealkylation sites (tertiary alicyclic amines) is 1.